The molecule has 0 aliphatic carbocycles. The molecule has 1 aromatic carbocycles. The van der Waals surface area contributed by atoms with Gasteiger partial charge < -0.3 is 21.1 Å². The lowest BCUT2D eigenvalue weighted by molar-refractivity contribution is 0.0256. The minimum atomic E-state index is -1.38. The monoisotopic (exact) mass is 450 g/mol. The zero-order valence-electron chi connectivity index (χ0n) is 16.8. The molecule has 0 bridgehead atoms. The van der Waals surface area contributed by atoms with Crippen LogP contribution in [0.25, 0.3) is 0 Å². The van der Waals surface area contributed by atoms with Gasteiger partial charge in [0.2, 0.25) is 0 Å². The molecule has 0 radical (unpaired) electrons. The molecule has 0 spiro atoms. The first-order valence-corrected chi connectivity index (χ1v) is 9.73. The number of amides is 2. The zero-order valence-corrected chi connectivity index (χ0v) is 16.8. The van der Waals surface area contributed by atoms with Gasteiger partial charge in [0.1, 0.15) is 11.4 Å². The number of hydrogen-bond donors (Lipinski definition) is 3. The summed E-state index contributed by atoms with van der Waals surface area (Å²) in [6, 6.07) is 5.23. The van der Waals surface area contributed by atoms with Crippen LogP contribution < -0.4 is 11.1 Å². The summed E-state index contributed by atoms with van der Waals surface area (Å²) in [7, 11) is 0. The van der Waals surface area contributed by atoms with Gasteiger partial charge in [-0.05, 0) is 30.7 Å². The van der Waals surface area contributed by atoms with Crippen molar-refractivity contribution in [1.29, 1.82) is 5.26 Å². The third-order valence-corrected chi connectivity index (χ3v) is 5.53. The van der Waals surface area contributed by atoms with Gasteiger partial charge in [-0.3, -0.25) is 18.3 Å². The van der Waals surface area contributed by atoms with Crippen LogP contribution in [0.5, 0.6) is 0 Å². The number of nitrogens with one attached hydrogen (secondary N) is 1. The molecule has 3 rings (SSSR count). The van der Waals surface area contributed by atoms with Crippen LogP contribution in [-0.4, -0.2) is 57.7 Å². The second-order valence-corrected chi connectivity index (χ2v) is 7.41. The van der Waals surface area contributed by atoms with Gasteiger partial charge in [0.05, 0.1) is 37.4 Å². The van der Waals surface area contributed by atoms with Crippen LogP contribution in [0.2, 0.25) is 0 Å². The number of hydrogen-bond acceptors (Lipinski definition) is 5. The fraction of sp³-hybridized carbons (Fsp3) is 0.400. The summed E-state index contributed by atoms with van der Waals surface area (Å²) in [5.41, 5.74) is 5.84. The highest BCUT2D eigenvalue weighted by Crippen LogP contribution is 2.37. The molecular weight excluding hydrogens is 429 g/mol. The number of nitriles is 1. The number of piperidine rings is 1. The molecular formula is C20H21F3N6O3. The van der Waals surface area contributed by atoms with Crippen LogP contribution in [0, 0.1) is 29.0 Å². The smallest absolute Gasteiger partial charge is 0.407 e. The van der Waals surface area contributed by atoms with E-state index in [4.69, 9.17) is 5.73 Å². The van der Waals surface area contributed by atoms with E-state index in [9.17, 15) is 33.1 Å². The summed E-state index contributed by atoms with van der Waals surface area (Å²) >= 11 is 0. The van der Waals surface area contributed by atoms with Crippen molar-refractivity contribution in [3.05, 3.63) is 41.8 Å². The summed E-state index contributed by atoms with van der Waals surface area (Å²) in [4.78, 5) is 24.4. The summed E-state index contributed by atoms with van der Waals surface area (Å²) < 4.78 is 41.4. The molecule has 0 saturated carbocycles. The van der Waals surface area contributed by atoms with Crippen LogP contribution in [0.4, 0.5) is 29.5 Å². The number of nitrogens with two attached hydrogens (primary N) is 1. The molecule has 2 heterocycles. The summed E-state index contributed by atoms with van der Waals surface area (Å²) in [6.45, 7) is -2.36. The van der Waals surface area contributed by atoms with Crippen molar-refractivity contribution in [2.75, 3.05) is 25.2 Å². The highest BCUT2D eigenvalue weighted by molar-refractivity contribution is 5.98. The molecule has 1 aromatic heterocycles. The van der Waals surface area contributed by atoms with Crippen LogP contribution in [0.1, 0.15) is 22.8 Å². The molecule has 4 N–H and O–H groups in total. The fourth-order valence-corrected chi connectivity index (χ4v) is 3.98. The Kier molecular flexibility index (Phi) is 6.87. The maximum absolute atomic E-state index is 13.5. The first-order chi connectivity index (χ1) is 15.3. The number of halogens is 3. The number of rotatable bonds is 7. The van der Waals surface area contributed by atoms with Crippen LogP contribution >= 0.6 is 0 Å². The number of carbonyl (C=O) groups is 2. The third kappa shape index (κ3) is 4.46. The normalized spacial score (nSPS) is 20.7. The van der Waals surface area contributed by atoms with E-state index in [2.05, 4.69) is 10.4 Å². The number of nitrogens with zero attached hydrogens (tertiary/aromatic N) is 4. The fourth-order valence-electron chi connectivity index (χ4n) is 3.98. The molecule has 1 aliphatic rings. The summed E-state index contributed by atoms with van der Waals surface area (Å²) in [5.74, 6) is -3.68. The van der Waals surface area contributed by atoms with Crippen molar-refractivity contribution in [3.8, 4) is 6.07 Å². The largest absolute Gasteiger partial charge is 0.465 e. The molecule has 1 unspecified atom stereocenters. The highest BCUT2D eigenvalue weighted by Gasteiger charge is 2.46. The van der Waals surface area contributed by atoms with E-state index in [-0.39, 0.29) is 24.3 Å². The van der Waals surface area contributed by atoms with Crippen molar-refractivity contribution in [1.82, 2.24) is 14.7 Å². The van der Waals surface area contributed by atoms with E-state index < -0.39 is 55.1 Å². The van der Waals surface area contributed by atoms with E-state index in [1.165, 1.54) is 35.1 Å². The Morgan fingerprint density at radius 1 is 1.31 bits per heavy atom. The minimum absolute atomic E-state index is 0.0178. The number of carboxylic acid groups (broad SMARTS) is 1. The van der Waals surface area contributed by atoms with Gasteiger partial charge in [-0.25, -0.2) is 9.18 Å². The molecule has 2 aromatic rings. The Labute approximate surface area is 181 Å². The number of anilines is 2. The van der Waals surface area contributed by atoms with Gasteiger partial charge in [0.25, 0.3) is 5.91 Å². The predicted octanol–water partition coefficient (Wildman–Crippen LogP) is 2.85. The second kappa shape index (κ2) is 9.59. The van der Waals surface area contributed by atoms with Crippen molar-refractivity contribution < 1.29 is 27.9 Å². The van der Waals surface area contributed by atoms with Gasteiger partial charge in [0.15, 0.2) is 5.82 Å². The molecule has 170 valence electrons. The molecule has 1 fully saturated rings. The van der Waals surface area contributed by atoms with E-state index in [0.29, 0.717) is 5.69 Å². The lowest BCUT2D eigenvalue weighted by atomic mass is 9.79. The van der Waals surface area contributed by atoms with Crippen molar-refractivity contribution in [2.24, 2.45) is 17.6 Å². The van der Waals surface area contributed by atoms with Crippen LogP contribution in [0.15, 0.2) is 30.5 Å². The highest BCUT2D eigenvalue weighted by atomic mass is 19.1. The number of likely N-dealkylation sites (tertiary alicyclic amines) is 1. The van der Waals surface area contributed by atoms with E-state index in [0.717, 1.165) is 4.90 Å². The quantitative estimate of drug-likeness (QED) is 0.593. The lowest BCUT2D eigenvalue weighted by Crippen LogP contribution is -2.55. The van der Waals surface area contributed by atoms with E-state index >= 15 is 0 Å². The first kappa shape index (κ1) is 22.9. The van der Waals surface area contributed by atoms with Crippen LogP contribution in [-0.2, 0) is 0 Å². The standard InChI is InChI=1S/C20H21F3N6O3/c21-7-11(8-22)17-14(9-24)16(5-6-28(17)20(31)32)29-10-15(18(25)30)19(27-29)26-13-3-1-12(23)2-4-13/h1-4,10-11,14,16-17H,5-8H2,(H2,25,30)(H,26,27)(H,31,32)/t14-,16-,17?/m1/s1. The third-order valence-electron chi connectivity index (χ3n) is 5.53. The van der Waals surface area contributed by atoms with E-state index in [1.807, 2.05) is 6.07 Å². The Bertz CT molecular complexity index is 1020. The summed E-state index contributed by atoms with van der Waals surface area (Å²) in [6.07, 6.45) is 0.0521. The Morgan fingerprint density at radius 3 is 2.50 bits per heavy atom. The van der Waals surface area contributed by atoms with Gasteiger partial charge in [-0.15, -0.1) is 0 Å². The van der Waals surface area contributed by atoms with Gasteiger partial charge in [-0.2, -0.15) is 10.4 Å². The number of carbonyl (C=O) groups excluding carboxylic acids is 1. The maximum atomic E-state index is 13.5. The second-order valence-electron chi connectivity index (χ2n) is 7.41. The van der Waals surface area contributed by atoms with Crippen molar-refractivity contribution in [3.63, 3.8) is 0 Å². The first-order valence-electron chi connectivity index (χ1n) is 9.73. The number of aromatic nitrogens is 2. The molecule has 32 heavy (non-hydrogen) atoms. The molecule has 3 atom stereocenters. The summed E-state index contributed by atoms with van der Waals surface area (Å²) in [5, 5.41) is 26.4. The topological polar surface area (TPSA) is 137 Å². The number of primary amides is 1. The number of benzene rings is 1. The molecule has 2 amide bonds. The molecule has 12 heteroatoms. The zero-order chi connectivity index (χ0) is 23.4. The lowest BCUT2D eigenvalue weighted by Gasteiger charge is -2.43. The number of alkyl halides is 2. The predicted molar refractivity (Wildman–Crippen MR) is 107 cm³/mol. The Hall–Kier alpha value is -3.75. The van der Waals surface area contributed by atoms with Gasteiger partial charge >= 0.3 is 6.09 Å². The van der Waals surface area contributed by atoms with Gasteiger partial charge in [0, 0.05) is 24.3 Å². The average molecular weight is 450 g/mol. The Balaban J connectivity index is 1.98. The molecule has 1 aliphatic heterocycles. The average Bonchev–Trinajstić information content (AvgIpc) is 3.19. The van der Waals surface area contributed by atoms with E-state index in [1.54, 1.807) is 0 Å². The Morgan fingerprint density at radius 2 is 1.97 bits per heavy atom. The molecule has 1 saturated heterocycles. The maximum Gasteiger partial charge on any atom is 0.407 e. The van der Waals surface area contributed by atoms with Crippen molar-refractivity contribution >= 4 is 23.5 Å². The minimum Gasteiger partial charge on any atom is -0.465 e. The van der Waals surface area contributed by atoms with Crippen LogP contribution in [0.3, 0.4) is 0 Å². The van der Waals surface area contributed by atoms with Crippen molar-refractivity contribution in [2.45, 2.75) is 18.5 Å². The SMILES string of the molecule is N#C[C@H]1C(C(CF)CF)N(C(=O)O)CC[C@H]1n1cc(C(N)=O)c(Nc2ccc(F)cc2)n1. The van der Waals surface area contributed by atoms with Gasteiger partial charge in [-0.1, -0.05) is 0 Å². The molecule has 9 nitrogen and oxygen atoms in total.